The zero-order valence-corrected chi connectivity index (χ0v) is 41.1. The first kappa shape index (κ1) is 51.6. The van der Waals surface area contributed by atoms with Gasteiger partial charge in [0.15, 0.2) is 0 Å². The van der Waals surface area contributed by atoms with E-state index in [0.29, 0.717) is 44.4 Å². The van der Waals surface area contributed by atoms with E-state index in [4.69, 9.17) is 18.9 Å². The Hall–Kier alpha value is -2.45. The second-order valence-corrected chi connectivity index (χ2v) is 29.6. The molecule has 0 unspecified atom stereocenters. The summed E-state index contributed by atoms with van der Waals surface area (Å²) in [5.41, 5.74) is 17.7. The molecule has 0 spiro atoms. The molecule has 0 aliphatic heterocycles. The van der Waals surface area contributed by atoms with Crippen molar-refractivity contribution in [1.82, 2.24) is 0 Å². The molecule has 0 fully saturated rings. The van der Waals surface area contributed by atoms with Gasteiger partial charge in [0.05, 0.1) is 22.3 Å². The van der Waals surface area contributed by atoms with Gasteiger partial charge < -0.3 is 18.9 Å². The Kier molecular flexibility index (Phi) is 19.7. The zero-order valence-electron chi connectivity index (χ0n) is 39.1. The van der Waals surface area contributed by atoms with Crippen LogP contribution in [0.4, 0.5) is 0 Å². The van der Waals surface area contributed by atoms with Gasteiger partial charge in [0.2, 0.25) is 0 Å². The number of hydrogen-bond donors (Lipinski definition) is 0. The molecule has 0 saturated heterocycles. The highest BCUT2D eigenvalue weighted by atomic mass is 28.3. The first-order chi connectivity index (χ1) is 24.5. The Balaban J connectivity index is 8.42. The van der Waals surface area contributed by atoms with E-state index in [2.05, 4.69) is 141 Å². The van der Waals surface area contributed by atoms with Crippen molar-refractivity contribution in [1.29, 1.82) is 0 Å². The van der Waals surface area contributed by atoms with Crippen LogP contribution in [-0.4, -0.2) is 67.0 Å². The van der Waals surface area contributed by atoms with Gasteiger partial charge in [-0.05, 0) is 112 Å². The molecule has 0 aliphatic carbocycles. The van der Waals surface area contributed by atoms with Gasteiger partial charge in [0, 0.05) is 28.4 Å². The van der Waals surface area contributed by atoms with Crippen molar-refractivity contribution in [3.05, 3.63) is 33.8 Å². The van der Waals surface area contributed by atoms with E-state index in [0.717, 1.165) is 11.1 Å². The monoisotopic (exact) mass is 775 g/mol. The molecule has 0 saturated carbocycles. The third-order valence-corrected chi connectivity index (χ3v) is 24.5. The van der Waals surface area contributed by atoms with Crippen molar-refractivity contribution in [2.24, 2.45) is 0 Å². The van der Waals surface area contributed by atoms with Crippen molar-refractivity contribution in [3.63, 3.8) is 0 Å². The van der Waals surface area contributed by atoms with Gasteiger partial charge in [0.25, 0.3) is 0 Å². The lowest BCUT2D eigenvalue weighted by atomic mass is 9.93. The molecule has 302 valence electrons. The van der Waals surface area contributed by atoms with Gasteiger partial charge in [-0.1, -0.05) is 106 Å². The summed E-state index contributed by atoms with van der Waals surface area (Å²) < 4.78 is 23.9. The van der Waals surface area contributed by atoms with Crippen LogP contribution in [0.25, 0.3) is 0 Å². The number of rotatable bonds is 14. The highest BCUT2D eigenvalue weighted by molar-refractivity contribution is 6.91. The van der Waals surface area contributed by atoms with Crippen molar-refractivity contribution in [2.75, 3.05) is 28.4 Å². The van der Waals surface area contributed by atoms with Crippen molar-refractivity contribution in [2.45, 2.75) is 194 Å². The van der Waals surface area contributed by atoms with Crippen LogP contribution in [0, 0.1) is 46.6 Å². The van der Waals surface area contributed by atoms with E-state index in [1.807, 2.05) is 55.4 Å². The van der Waals surface area contributed by atoms with E-state index in [1.165, 1.54) is 0 Å². The molecule has 0 amide bonds. The number of hydrogen-bond acceptors (Lipinski definition) is 4. The normalized spacial score (nSPS) is 12.6. The minimum Gasteiger partial charge on any atom is -0.373 e. The quantitative estimate of drug-likeness (QED) is 0.100. The third kappa shape index (κ3) is 12.5. The summed E-state index contributed by atoms with van der Waals surface area (Å²) in [5.74, 6) is 20.0. The second-order valence-electron chi connectivity index (χ2n) is 18.4. The fourth-order valence-electron chi connectivity index (χ4n) is 7.38. The standard InChI is InChI=1S/C48H78O4Si2/c1-35(2)53(36(3)4,37(5)6)31-29-43(47(17,18)51-23)33-41(45(13,14)49-21)27-25-26-28-42(46(15,16)50-22)34-44(48(19,20)52-24)30-32-54(38(7)8,39(9)10)40(11)12/h35-40H,1-24H3. The SMILES string of the molecule is COC(C)(C)C(=C=C(C#C[Si](C(C)C)(C(C)C)C(C)C)C(C)(C)OC)C#CC#CC(=C=C(C#C[Si](C(C)C)(C(C)C)C(C)C)C(C)(C)OC)C(C)(C)OC. The Morgan fingerprint density at radius 3 is 0.704 bits per heavy atom. The zero-order chi connectivity index (χ0) is 42.7. The first-order valence-electron chi connectivity index (χ1n) is 19.9. The lowest BCUT2D eigenvalue weighted by molar-refractivity contribution is 0.0552. The fraction of sp³-hybridized carbons (Fsp3) is 0.708. The molecule has 0 aromatic rings. The van der Waals surface area contributed by atoms with E-state index < -0.39 is 38.6 Å². The molecule has 0 radical (unpaired) electrons. The Bertz CT molecular complexity index is 1500. The average molecular weight is 775 g/mol. The second kappa shape index (κ2) is 20.6. The molecule has 54 heavy (non-hydrogen) atoms. The van der Waals surface area contributed by atoms with Gasteiger partial charge >= 0.3 is 0 Å². The Morgan fingerprint density at radius 2 is 0.537 bits per heavy atom. The smallest absolute Gasteiger partial charge is 0.146 e. The van der Waals surface area contributed by atoms with Crippen LogP contribution in [0.1, 0.15) is 138 Å². The van der Waals surface area contributed by atoms with E-state index >= 15 is 0 Å². The molecule has 0 N–H and O–H groups in total. The van der Waals surface area contributed by atoms with Crippen LogP contribution in [-0.2, 0) is 18.9 Å². The first-order valence-corrected chi connectivity index (χ1v) is 24.3. The molecule has 0 atom stereocenters. The summed E-state index contributed by atoms with van der Waals surface area (Å²) in [6, 6.07) is 0. The summed E-state index contributed by atoms with van der Waals surface area (Å²) >= 11 is 0. The molecule has 0 aromatic heterocycles. The minimum atomic E-state index is -2.03. The van der Waals surface area contributed by atoms with Crippen molar-refractivity contribution < 1.29 is 18.9 Å². The van der Waals surface area contributed by atoms with Crippen molar-refractivity contribution in [3.8, 4) is 46.6 Å². The predicted octanol–water partition coefficient (Wildman–Crippen LogP) is 12.0. The maximum absolute atomic E-state index is 5.99. The molecule has 0 bridgehead atoms. The fourth-order valence-corrected chi connectivity index (χ4v) is 17.8. The van der Waals surface area contributed by atoms with Crippen LogP contribution in [0.3, 0.4) is 0 Å². The molecular weight excluding hydrogens is 697 g/mol. The average Bonchev–Trinajstić information content (AvgIpc) is 3.06. The highest BCUT2D eigenvalue weighted by Gasteiger charge is 2.43. The maximum Gasteiger partial charge on any atom is 0.146 e. The van der Waals surface area contributed by atoms with E-state index in [-0.39, 0.29) is 0 Å². The number of ether oxygens (including phenoxy) is 4. The third-order valence-electron chi connectivity index (χ3n) is 11.9. The predicted molar refractivity (Wildman–Crippen MR) is 239 cm³/mol. The summed E-state index contributed by atoms with van der Waals surface area (Å²) in [4.78, 5) is 0. The molecule has 0 heterocycles. The maximum atomic E-state index is 5.99. The van der Waals surface area contributed by atoms with E-state index in [1.54, 1.807) is 28.4 Å². The van der Waals surface area contributed by atoms with Gasteiger partial charge in [-0.15, -0.1) is 11.1 Å². The summed E-state index contributed by atoms with van der Waals surface area (Å²) in [7, 11) is 2.71. The van der Waals surface area contributed by atoms with Crippen LogP contribution in [0.2, 0.25) is 33.2 Å². The van der Waals surface area contributed by atoms with E-state index in [9.17, 15) is 0 Å². The lowest BCUT2D eigenvalue weighted by Crippen LogP contribution is -2.43. The Labute approximate surface area is 336 Å². The van der Waals surface area contributed by atoms with Crippen LogP contribution in [0.5, 0.6) is 0 Å². The summed E-state index contributed by atoms with van der Waals surface area (Å²) in [5, 5.41) is 0. The largest absolute Gasteiger partial charge is 0.373 e. The van der Waals surface area contributed by atoms with Crippen LogP contribution < -0.4 is 0 Å². The Morgan fingerprint density at radius 1 is 0.352 bits per heavy atom. The minimum absolute atomic E-state index is 0.490. The molecule has 6 heteroatoms. The molecule has 0 aliphatic rings. The van der Waals surface area contributed by atoms with Gasteiger partial charge in [-0.25, -0.2) is 0 Å². The van der Waals surface area contributed by atoms with Gasteiger partial charge in [-0.3, -0.25) is 0 Å². The molecular formula is C48H78O4Si2. The highest BCUT2D eigenvalue weighted by Crippen LogP contribution is 2.42. The number of methoxy groups -OCH3 is 4. The summed E-state index contributed by atoms with van der Waals surface area (Å²) in [6.45, 7) is 43.8. The van der Waals surface area contributed by atoms with Crippen LogP contribution in [0.15, 0.2) is 33.8 Å². The molecule has 0 rings (SSSR count). The summed E-state index contributed by atoms with van der Waals surface area (Å²) in [6.07, 6.45) is 0. The van der Waals surface area contributed by atoms with Gasteiger partial charge in [0.1, 0.15) is 38.6 Å². The van der Waals surface area contributed by atoms with Crippen molar-refractivity contribution >= 4 is 16.1 Å². The van der Waals surface area contributed by atoms with Gasteiger partial charge in [-0.2, -0.15) is 0 Å². The lowest BCUT2D eigenvalue weighted by Gasteiger charge is -2.38. The molecule has 0 aromatic carbocycles. The topological polar surface area (TPSA) is 36.9 Å². The molecule has 4 nitrogen and oxygen atoms in total. The van der Waals surface area contributed by atoms with Crippen LogP contribution >= 0.6 is 0 Å².